The number of aryl methyl sites for hydroxylation is 1. The number of carbonyl (C=O) groups excluding carboxylic acids is 3. The highest BCUT2D eigenvalue weighted by Gasteiger charge is 2.34. The van der Waals surface area contributed by atoms with E-state index in [0.717, 1.165) is 99.9 Å². The Morgan fingerprint density at radius 1 is 1.00 bits per heavy atom. The highest BCUT2D eigenvalue weighted by atomic mass is 35.5. The van der Waals surface area contributed by atoms with Crippen LogP contribution in [0.25, 0.3) is 10.9 Å². The van der Waals surface area contributed by atoms with Crippen molar-refractivity contribution in [3.05, 3.63) is 98.9 Å². The lowest BCUT2D eigenvalue weighted by atomic mass is 9.88. The minimum Gasteiger partial charge on any atom is -0.498 e. The molecule has 2 amide bonds. The van der Waals surface area contributed by atoms with Gasteiger partial charge in [0.15, 0.2) is 6.29 Å². The van der Waals surface area contributed by atoms with E-state index in [1.54, 1.807) is 19.2 Å². The second-order valence-electron chi connectivity index (χ2n) is 18.5. The van der Waals surface area contributed by atoms with Crippen molar-refractivity contribution in [2.45, 2.75) is 105 Å². The Morgan fingerprint density at radius 3 is 2.43 bits per heavy atom. The normalized spacial score (nSPS) is 20.2. The summed E-state index contributed by atoms with van der Waals surface area (Å²) in [4.78, 5) is 44.6. The van der Waals surface area contributed by atoms with E-state index < -0.39 is 6.04 Å². The van der Waals surface area contributed by atoms with Crippen molar-refractivity contribution in [3.8, 4) is 0 Å². The zero-order valence-corrected chi connectivity index (χ0v) is 42.1. The Morgan fingerprint density at radius 2 is 1.73 bits per heavy atom. The largest absolute Gasteiger partial charge is 0.498 e. The summed E-state index contributed by atoms with van der Waals surface area (Å²) in [5.74, 6) is 0.617. The first kappa shape index (κ1) is 51.4. The van der Waals surface area contributed by atoms with Gasteiger partial charge in [0, 0.05) is 126 Å². The molecule has 3 aliphatic heterocycles. The van der Waals surface area contributed by atoms with Crippen LogP contribution in [0, 0.1) is 0 Å². The fraction of sp³-hybridized carbons (Fsp3) is 0.547. The monoisotopic (exact) mass is 939 g/mol. The van der Waals surface area contributed by atoms with Gasteiger partial charge in [-0.15, -0.1) is 0 Å². The zero-order valence-electron chi connectivity index (χ0n) is 41.3. The fourth-order valence-corrected chi connectivity index (χ4v) is 9.92. The molecule has 2 N–H and O–H groups in total. The lowest BCUT2D eigenvalue weighted by Crippen LogP contribution is -2.51. The molecule has 0 saturated carbocycles. The SMILES string of the molecule is C\C=C(C)/C(Cl)=C(C)\C=C(/C)OCCCc1cn(CCN2CCN(CCCOCCCNc3cccc(C=O)c3C(=O)N(C)C3CCCNC3=O)CC2)c2c(C3C(C)=NN(C)C3C)cccc12. The topological polar surface area (TPSA) is 124 Å². The van der Waals surface area contributed by atoms with Crippen molar-refractivity contribution in [1.82, 2.24) is 29.6 Å². The van der Waals surface area contributed by atoms with E-state index in [9.17, 15) is 14.4 Å². The molecular weight excluding hydrogens is 864 g/mol. The molecule has 13 nitrogen and oxygen atoms in total. The third kappa shape index (κ3) is 13.2. The average Bonchev–Trinajstić information content (AvgIpc) is 3.82. The first-order chi connectivity index (χ1) is 32.3. The summed E-state index contributed by atoms with van der Waals surface area (Å²) < 4.78 is 14.7. The number of hydrogen-bond acceptors (Lipinski definition) is 10. The predicted octanol–water partition coefficient (Wildman–Crippen LogP) is 8.46. The van der Waals surface area contributed by atoms with Gasteiger partial charge in [0.05, 0.1) is 29.5 Å². The third-order valence-electron chi connectivity index (χ3n) is 13.8. The Hall–Kier alpha value is -4.95. The molecule has 2 fully saturated rings. The summed E-state index contributed by atoms with van der Waals surface area (Å²) in [6, 6.07) is 11.8. The molecule has 0 spiro atoms. The standard InChI is InChI=1S/C53H75ClN8O5/c1-9-37(2)50(54)38(3)34-39(4)67-33-13-17-42-35-62(51-44(42)18-11-19-45(51)48-40(5)57-59(8)41(48)6)30-29-61-27-25-60(26-28-61)24-15-32-66-31-14-23-55-46-20-10-16-43(36-63)49(46)53(65)58(7)47-21-12-22-56-52(47)64/h9-11,16,18-20,34-36,41,47-48,55H,12-15,17,21-33H2,1-8H3,(H,56,64)/b37-9-,39-34+,50-38+. The van der Waals surface area contributed by atoms with Gasteiger partial charge in [-0.2, -0.15) is 5.10 Å². The van der Waals surface area contributed by atoms with Crippen LogP contribution in [0.2, 0.25) is 0 Å². The number of carbonyl (C=O) groups is 3. The van der Waals surface area contributed by atoms with Gasteiger partial charge >= 0.3 is 0 Å². The quantitative estimate of drug-likeness (QED) is 0.0418. The molecule has 2 saturated heterocycles. The van der Waals surface area contributed by atoms with Crippen LogP contribution in [-0.2, 0) is 27.2 Å². The molecule has 364 valence electrons. The van der Waals surface area contributed by atoms with Crippen LogP contribution in [0.5, 0.6) is 0 Å². The van der Waals surface area contributed by atoms with Gasteiger partial charge in [-0.25, -0.2) is 0 Å². The number of halogens is 1. The second kappa shape index (κ2) is 24.9. The number of hydrogen-bond donors (Lipinski definition) is 2. The molecule has 1 aromatic heterocycles. The summed E-state index contributed by atoms with van der Waals surface area (Å²) in [5, 5.41) is 15.2. The van der Waals surface area contributed by atoms with E-state index in [-0.39, 0.29) is 23.8 Å². The number of rotatable bonds is 23. The molecule has 0 aliphatic carbocycles. The molecule has 4 heterocycles. The molecule has 3 aliphatic rings. The highest BCUT2D eigenvalue weighted by molar-refractivity contribution is 6.32. The molecule has 3 aromatic rings. The van der Waals surface area contributed by atoms with Crippen LogP contribution in [0.4, 0.5) is 5.69 Å². The minimum absolute atomic E-state index is 0.158. The van der Waals surface area contributed by atoms with Gasteiger partial charge in [0.1, 0.15) is 6.04 Å². The van der Waals surface area contributed by atoms with Gasteiger partial charge in [-0.3, -0.25) is 24.3 Å². The Balaban J connectivity index is 0.953. The molecule has 3 atom stereocenters. The molecule has 2 aromatic carbocycles. The van der Waals surface area contributed by atoms with E-state index in [1.165, 1.54) is 32.6 Å². The average molecular weight is 940 g/mol. The Kier molecular flexibility index (Phi) is 19.1. The Bertz CT molecular complexity index is 2310. The maximum absolute atomic E-state index is 13.6. The van der Waals surface area contributed by atoms with Crippen LogP contribution in [-0.4, -0.2) is 146 Å². The lowest BCUT2D eigenvalue weighted by molar-refractivity contribution is -0.126. The highest BCUT2D eigenvalue weighted by Crippen LogP contribution is 2.37. The van der Waals surface area contributed by atoms with Crippen molar-refractivity contribution in [1.29, 1.82) is 0 Å². The predicted molar refractivity (Wildman–Crippen MR) is 272 cm³/mol. The molecule has 0 radical (unpaired) electrons. The number of piperazine rings is 1. The number of nitrogens with one attached hydrogen (secondary N) is 2. The minimum atomic E-state index is -0.549. The number of amides is 2. The molecule has 3 unspecified atom stereocenters. The van der Waals surface area contributed by atoms with Crippen molar-refractivity contribution >= 4 is 52.0 Å². The van der Waals surface area contributed by atoms with Crippen molar-refractivity contribution in [3.63, 3.8) is 0 Å². The van der Waals surface area contributed by atoms with E-state index in [0.29, 0.717) is 62.4 Å². The van der Waals surface area contributed by atoms with Gasteiger partial charge in [-0.1, -0.05) is 48.0 Å². The van der Waals surface area contributed by atoms with E-state index in [2.05, 4.69) is 75.3 Å². The number of para-hydroxylation sites is 1. The number of aldehydes is 1. The molecule has 0 bridgehead atoms. The number of aromatic nitrogens is 1. The van der Waals surface area contributed by atoms with Crippen molar-refractivity contribution in [2.24, 2.45) is 5.10 Å². The number of hydrazone groups is 1. The first-order valence-corrected chi connectivity index (χ1v) is 24.8. The lowest BCUT2D eigenvalue weighted by Gasteiger charge is -2.34. The fourth-order valence-electron chi connectivity index (χ4n) is 9.76. The summed E-state index contributed by atoms with van der Waals surface area (Å²) in [7, 11) is 3.71. The number of fused-ring (bicyclic) bond motifs is 1. The number of nitrogens with zero attached hydrogens (tertiary/aromatic N) is 6. The van der Waals surface area contributed by atoms with Crippen LogP contribution in [0.1, 0.15) is 111 Å². The summed E-state index contributed by atoms with van der Waals surface area (Å²) in [6.45, 7) is 22.7. The molecule has 14 heteroatoms. The number of allylic oxidation sites excluding steroid dienone is 6. The van der Waals surface area contributed by atoms with Gasteiger partial charge in [-0.05, 0) is 114 Å². The van der Waals surface area contributed by atoms with Crippen LogP contribution in [0.3, 0.4) is 0 Å². The maximum Gasteiger partial charge on any atom is 0.257 e. The number of likely N-dealkylation sites (N-methyl/N-ethyl adjacent to an activating group) is 2. The van der Waals surface area contributed by atoms with Crippen LogP contribution >= 0.6 is 11.6 Å². The van der Waals surface area contributed by atoms with Gasteiger partial charge < -0.3 is 34.5 Å². The van der Waals surface area contributed by atoms with Crippen LogP contribution in [0.15, 0.2) is 81.8 Å². The van der Waals surface area contributed by atoms with E-state index in [1.807, 2.05) is 45.9 Å². The number of benzene rings is 2. The number of piperidine rings is 1. The second-order valence-corrected chi connectivity index (χ2v) is 18.9. The summed E-state index contributed by atoms with van der Waals surface area (Å²) >= 11 is 6.55. The molecular formula is C53H75ClN8O5. The van der Waals surface area contributed by atoms with Gasteiger partial charge in [0.25, 0.3) is 5.91 Å². The van der Waals surface area contributed by atoms with E-state index in [4.69, 9.17) is 26.2 Å². The molecule has 6 rings (SSSR count). The smallest absolute Gasteiger partial charge is 0.257 e. The number of anilines is 1. The summed E-state index contributed by atoms with van der Waals surface area (Å²) in [6.07, 6.45) is 12.1. The zero-order chi connectivity index (χ0) is 48.0. The first-order valence-electron chi connectivity index (χ1n) is 24.4. The maximum atomic E-state index is 13.6. The number of ether oxygens (including phenoxy) is 2. The van der Waals surface area contributed by atoms with Gasteiger partial charge in [0.2, 0.25) is 5.91 Å². The Labute approximate surface area is 404 Å². The van der Waals surface area contributed by atoms with Crippen LogP contribution < -0.4 is 10.6 Å². The summed E-state index contributed by atoms with van der Waals surface area (Å²) in [5.41, 5.74) is 8.48. The third-order valence-corrected chi connectivity index (χ3v) is 14.4. The van der Waals surface area contributed by atoms with Crippen molar-refractivity contribution in [2.75, 3.05) is 91.6 Å². The molecule has 67 heavy (non-hydrogen) atoms. The van der Waals surface area contributed by atoms with E-state index >= 15 is 0 Å². The van der Waals surface area contributed by atoms with Crippen molar-refractivity contribution < 1.29 is 23.9 Å².